The number of hydrazine groups is 1. The van der Waals surface area contributed by atoms with Gasteiger partial charge in [-0.2, -0.15) is 5.01 Å². The molecule has 0 fully saturated rings. The summed E-state index contributed by atoms with van der Waals surface area (Å²) in [6.07, 6.45) is 0. The molecule has 0 bridgehead atoms. The molecule has 0 saturated carbocycles. The van der Waals surface area contributed by atoms with Crippen LogP contribution in [0.2, 0.25) is 0 Å². The summed E-state index contributed by atoms with van der Waals surface area (Å²) < 4.78 is 5.46. The van der Waals surface area contributed by atoms with E-state index in [-0.39, 0.29) is 17.7 Å². The lowest BCUT2D eigenvalue weighted by Crippen LogP contribution is -2.47. The fourth-order valence-electron chi connectivity index (χ4n) is 2.97. The Bertz CT molecular complexity index is 1010. The summed E-state index contributed by atoms with van der Waals surface area (Å²) in [5.41, 5.74) is 4.95. The van der Waals surface area contributed by atoms with Crippen molar-refractivity contribution in [2.45, 2.75) is 0 Å². The average Bonchev–Trinajstić information content (AvgIpc) is 2.98. The summed E-state index contributed by atoms with van der Waals surface area (Å²) in [4.78, 5) is 36.6. The predicted molar refractivity (Wildman–Crippen MR) is 102 cm³/mol. The van der Waals surface area contributed by atoms with Crippen molar-refractivity contribution in [2.75, 3.05) is 6.61 Å². The van der Waals surface area contributed by atoms with E-state index >= 15 is 0 Å². The summed E-state index contributed by atoms with van der Waals surface area (Å²) in [5, 5.41) is 0.717. The van der Waals surface area contributed by atoms with Gasteiger partial charge in [0, 0.05) is 0 Å². The quantitative estimate of drug-likeness (QED) is 0.699. The fraction of sp³-hybridized carbons (Fsp3) is 0.0455. The number of ether oxygens (including phenoxy) is 1. The Kier molecular flexibility index (Phi) is 4.60. The molecular weight excluding hydrogens is 356 g/mol. The van der Waals surface area contributed by atoms with Crippen molar-refractivity contribution in [1.82, 2.24) is 10.4 Å². The molecule has 3 aromatic rings. The van der Waals surface area contributed by atoms with Crippen LogP contribution in [0, 0.1) is 0 Å². The van der Waals surface area contributed by atoms with Crippen LogP contribution in [0.5, 0.6) is 5.75 Å². The molecule has 6 nitrogen and oxygen atoms in total. The molecule has 0 aliphatic carbocycles. The van der Waals surface area contributed by atoms with Gasteiger partial charge in [-0.25, -0.2) is 0 Å². The first-order chi connectivity index (χ1) is 13.6. The lowest BCUT2D eigenvalue weighted by atomic mass is 10.1. The number of nitrogens with zero attached hydrogens (tertiary/aromatic N) is 1. The maximum absolute atomic E-state index is 12.2. The number of benzene rings is 3. The monoisotopic (exact) mass is 372 g/mol. The zero-order chi connectivity index (χ0) is 19.5. The number of imide groups is 1. The van der Waals surface area contributed by atoms with Gasteiger partial charge in [0.05, 0.1) is 11.1 Å². The maximum atomic E-state index is 12.2. The standard InChI is InChI=1S/C22H16N2O4/c25-20(23-24-21(26)18-8-4-5-9-19(18)22(24)27)14-28-17-12-10-16(11-13-17)15-6-2-1-3-7-15/h1-13H,14H2,(H,23,25). The summed E-state index contributed by atoms with van der Waals surface area (Å²) in [6, 6.07) is 23.6. The van der Waals surface area contributed by atoms with Gasteiger partial charge in [0.2, 0.25) is 0 Å². The van der Waals surface area contributed by atoms with Crippen LogP contribution in [0.25, 0.3) is 11.1 Å². The molecule has 1 aliphatic rings. The van der Waals surface area contributed by atoms with Crippen LogP contribution in [-0.4, -0.2) is 29.3 Å². The van der Waals surface area contributed by atoms with Gasteiger partial charge < -0.3 is 4.74 Å². The van der Waals surface area contributed by atoms with Crippen LogP contribution in [0.3, 0.4) is 0 Å². The second-order valence-corrected chi connectivity index (χ2v) is 6.21. The number of hydrogen-bond acceptors (Lipinski definition) is 4. The lowest BCUT2D eigenvalue weighted by Gasteiger charge is -2.15. The molecule has 1 N–H and O–H groups in total. The van der Waals surface area contributed by atoms with E-state index < -0.39 is 17.7 Å². The van der Waals surface area contributed by atoms with Crippen LogP contribution in [0.1, 0.15) is 20.7 Å². The smallest absolute Gasteiger partial charge is 0.280 e. The Morgan fingerprint density at radius 1 is 0.750 bits per heavy atom. The molecule has 1 heterocycles. The van der Waals surface area contributed by atoms with Crippen molar-refractivity contribution in [3.05, 3.63) is 90.0 Å². The van der Waals surface area contributed by atoms with E-state index in [0.29, 0.717) is 5.75 Å². The van der Waals surface area contributed by atoms with E-state index in [9.17, 15) is 14.4 Å². The number of hydrogen-bond donors (Lipinski definition) is 1. The minimum atomic E-state index is -0.596. The zero-order valence-corrected chi connectivity index (χ0v) is 14.8. The molecule has 3 amide bonds. The third kappa shape index (κ3) is 3.35. The number of nitrogens with one attached hydrogen (secondary N) is 1. The second kappa shape index (κ2) is 7.36. The molecule has 0 radical (unpaired) electrons. The van der Waals surface area contributed by atoms with Gasteiger partial charge in [0.15, 0.2) is 6.61 Å². The van der Waals surface area contributed by atoms with Crippen LogP contribution in [0.15, 0.2) is 78.9 Å². The van der Waals surface area contributed by atoms with E-state index in [0.717, 1.165) is 16.1 Å². The van der Waals surface area contributed by atoms with E-state index in [1.165, 1.54) is 0 Å². The Hall–Kier alpha value is -3.93. The van der Waals surface area contributed by atoms with Crippen LogP contribution >= 0.6 is 0 Å². The van der Waals surface area contributed by atoms with Crippen molar-refractivity contribution >= 4 is 17.7 Å². The van der Waals surface area contributed by atoms with Crippen LogP contribution < -0.4 is 10.2 Å². The highest BCUT2D eigenvalue weighted by Crippen LogP contribution is 2.22. The number of rotatable bonds is 5. The molecule has 3 aromatic carbocycles. The Balaban J connectivity index is 1.35. The van der Waals surface area contributed by atoms with Gasteiger partial charge in [-0.15, -0.1) is 0 Å². The Labute approximate surface area is 161 Å². The topological polar surface area (TPSA) is 75.7 Å². The first-order valence-corrected chi connectivity index (χ1v) is 8.69. The molecule has 0 aromatic heterocycles. The molecule has 6 heteroatoms. The molecule has 1 aliphatic heterocycles. The molecular formula is C22H16N2O4. The van der Waals surface area contributed by atoms with E-state index in [4.69, 9.17) is 4.74 Å². The van der Waals surface area contributed by atoms with Crippen molar-refractivity contribution in [1.29, 1.82) is 0 Å². The molecule has 0 spiro atoms. The number of carbonyl (C=O) groups is 3. The Morgan fingerprint density at radius 3 is 1.89 bits per heavy atom. The average molecular weight is 372 g/mol. The van der Waals surface area contributed by atoms with Crippen molar-refractivity contribution in [2.24, 2.45) is 0 Å². The normalized spacial score (nSPS) is 12.6. The van der Waals surface area contributed by atoms with Gasteiger partial charge in [-0.3, -0.25) is 19.8 Å². The SMILES string of the molecule is O=C(COc1ccc(-c2ccccc2)cc1)NN1C(=O)c2ccccc2C1=O. The highest BCUT2D eigenvalue weighted by Gasteiger charge is 2.36. The van der Waals surface area contributed by atoms with E-state index in [1.54, 1.807) is 36.4 Å². The summed E-state index contributed by atoms with van der Waals surface area (Å²) >= 11 is 0. The zero-order valence-electron chi connectivity index (χ0n) is 14.8. The Morgan fingerprint density at radius 2 is 1.29 bits per heavy atom. The largest absolute Gasteiger partial charge is 0.484 e. The first-order valence-electron chi connectivity index (χ1n) is 8.69. The molecule has 138 valence electrons. The molecule has 28 heavy (non-hydrogen) atoms. The molecule has 0 saturated heterocycles. The van der Waals surface area contributed by atoms with Gasteiger partial charge in [0.1, 0.15) is 5.75 Å². The highest BCUT2D eigenvalue weighted by molar-refractivity contribution is 6.21. The van der Waals surface area contributed by atoms with E-state index in [2.05, 4.69) is 5.43 Å². The predicted octanol–water partition coefficient (Wildman–Crippen LogP) is 3.06. The minimum absolute atomic E-state index is 0.269. The minimum Gasteiger partial charge on any atom is -0.484 e. The van der Waals surface area contributed by atoms with Gasteiger partial charge in [-0.05, 0) is 35.4 Å². The highest BCUT2D eigenvalue weighted by atomic mass is 16.5. The molecule has 0 atom stereocenters. The number of fused-ring (bicyclic) bond motifs is 1. The number of carbonyl (C=O) groups excluding carboxylic acids is 3. The third-order valence-corrected chi connectivity index (χ3v) is 4.36. The van der Waals surface area contributed by atoms with Gasteiger partial charge in [-0.1, -0.05) is 54.6 Å². The van der Waals surface area contributed by atoms with Gasteiger partial charge >= 0.3 is 0 Å². The summed E-state index contributed by atoms with van der Waals surface area (Å²) in [5.74, 6) is -1.19. The molecule has 4 rings (SSSR count). The maximum Gasteiger partial charge on any atom is 0.280 e. The second-order valence-electron chi connectivity index (χ2n) is 6.21. The van der Waals surface area contributed by atoms with Crippen molar-refractivity contribution < 1.29 is 19.1 Å². The van der Waals surface area contributed by atoms with Crippen molar-refractivity contribution in [3.8, 4) is 16.9 Å². The fourth-order valence-corrected chi connectivity index (χ4v) is 2.97. The van der Waals surface area contributed by atoms with Crippen molar-refractivity contribution in [3.63, 3.8) is 0 Å². The summed E-state index contributed by atoms with van der Waals surface area (Å²) in [7, 11) is 0. The van der Waals surface area contributed by atoms with Crippen LogP contribution in [-0.2, 0) is 4.79 Å². The van der Waals surface area contributed by atoms with Gasteiger partial charge in [0.25, 0.3) is 17.7 Å². The molecule has 0 unspecified atom stereocenters. The third-order valence-electron chi connectivity index (χ3n) is 4.36. The van der Waals surface area contributed by atoms with Crippen LogP contribution in [0.4, 0.5) is 0 Å². The lowest BCUT2D eigenvalue weighted by molar-refractivity contribution is -0.126. The summed E-state index contributed by atoms with van der Waals surface area (Å²) in [6.45, 7) is -0.321. The number of amides is 3. The van der Waals surface area contributed by atoms with E-state index in [1.807, 2.05) is 42.5 Å². The first kappa shape index (κ1) is 17.5.